The molecule has 1 saturated heterocycles. The largest absolute Gasteiger partial charge is 0.318 e. The first-order valence-corrected chi connectivity index (χ1v) is 13.1. The van der Waals surface area contributed by atoms with Gasteiger partial charge in [-0.25, -0.2) is 22.0 Å². The number of benzene rings is 1. The zero-order chi connectivity index (χ0) is 23.0. The van der Waals surface area contributed by atoms with Gasteiger partial charge in [-0.3, -0.25) is 9.69 Å². The Bertz CT molecular complexity index is 1180. The van der Waals surface area contributed by atoms with Crippen molar-refractivity contribution < 1.29 is 21.6 Å². The summed E-state index contributed by atoms with van der Waals surface area (Å²) in [6, 6.07) is 8.01. The molecule has 1 aliphatic heterocycles. The molecular weight excluding hydrogens is 440 g/mol. The third kappa shape index (κ3) is 5.07. The highest BCUT2D eigenvalue weighted by Gasteiger charge is 2.27. The monoisotopic (exact) mass is 468 g/mol. The van der Waals surface area contributed by atoms with Crippen LogP contribution in [-0.2, 0) is 20.0 Å². The van der Waals surface area contributed by atoms with E-state index in [1.807, 2.05) is 29.4 Å². The molecule has 1 fully saturated rings. The van der Waals surface area contributed by atoms with Gasteiger partial charge in [0.25, 0.3) is 0 Å². The number of primary sulfonamides is 1. The molecule has 11 heteroatoms. The number of rotatable bonds is 7. The van der Waals surface area contributed by atoms with Crippen molar-refractivity contribution >= 4 is 25.8 Å². The van der Waals surface area contributed by atoms with Gasteiger partial charge in [0.2, 0.25) is 20.0 Å². The van der Waals surface area contributed by atoms with Crippen molar-refractivity contribution in [2.75, 3.05) is 38.5 Å². The predicted octanol–water partition coefficient (Wildman–Crippen LogP) is 0.892. The topological polar surface area (TPSA) is 123 Å². The molecule has 0 bridgehead atoms. The third-order valence-corrected chi connectivity index (χ3v) is 8.42. The van der Waals surface area contributed by atoms with Crippen LogP contribution < -0.4 is 5.14 Å². The summed E-state index contributed by atoms with van der Waals surface area (Å²) in [6.07, 6.45) is 0. The molecule has 2 aromatic rings. The van der Waals surface area contributed by atoms with E-state index >= 15 is 0 Å². The van der Waals surface area contributed by atoms with Gasteiger partial charge in [-0.1, -0.05) is 0 Å². The fourth-order valence-electron chi connectivity index (χ4n) is 3.86. The molecule has 0 aliphatic carbocycles. The summed E-state index contributed by atoms with van der Waals surface area (Å²) >= 11 is 0. The lowest BCUT2D eigenvalue weighted by atomic mass is 10.1. The number of aromatic nitrogens is 1. The molecule has 0 atom stereocenters. The Hall–Kier alpha value is -2.05. The molecule has 0 saturated carbocycles. The number of carbonyl (C=O) groups is 1. The van der Waals surface area contributed by atoms with Crippen molar-refractivity contribution in [2.24, 2.45) is 5.14 Å². The molecule has 0 unspecified atom stereocenters. The van der Waals surface area contributed by atoms with Crippen molar-refractivity contribution in [3.8, 4) is 5.69 Å². The van der Waals surface area contributed by atoms with E-state index in [1.54, 1.807) is 19.1 Å². The number of sulfonamides is 2. The molecule has 0 spiro atoms. The van der Waals surface area contributed by atoms with Gasteiger partial charge in [0, 0.05) is 48.8 Å². The average molecular weight is 469 g/mol. The van der Waals surface area contributed by atoms with Crippen LogP contribution in [0.5, 0.6) is 0 Å². The van der Waals surface area contributed by atoms with Crippen LogP contribution in [0.25, 0.3) is 5.69 Å². The van der Waals surface area contributed by atoms with E-state index in [0.29, 0.717) is 31.7 Å². The van der Waals surface area contributed by atoms with E-state index in [0.717, 1.165) is 17.1 Å². The first-order chi connectivity index (χ1) is 14.4. The van der Waals surface area contributed by atoms with E-state index in [9.17, 15) is 21.6 Å². The van der Waals surface area contributed by atoms with Gasteiger partial charge in [-0.05, 0) is 51.1 Å². The minimum atomic E-state index is -3.77. The predicted molar refractivity (Wildman–Crippen MR) is 118 cm³/mol. The summed E-state index contributed by atoms with van der Waals surface area (Å²) in [5, 5.41) is 5.16. The minimum Gasteiger partial charge on any atom is -0.318 e. The van der Waals surface area contributed by atoms with Crippen molar-refractivity contribution in [1.29, 1.82) is 0 Å². The Morgan fingerprint density at radius 2 is 1.58 bits per heavy atom. The summed E-state index contributed by atoms with van der Waals surface area (Å²) in [6.45, 7) is 7.37. The molecule has 0 radical (unpaired) electrons. The van der Waals surface area contributed by atoms with Crippen LogP contribution in [0.3, 0.4) is 0 Å². The number of Topliss-reactive ketones (excluding diaryl/α,β-unsaturated/α-hetero) is 1. The van der Waals surface area contributed by atoms with Gasteiger partial charge in [-0.15, -0.1) is 0 Å². The number of aryl methyl sites for hydroxylation is 1. The van der Waals surface area contributed by atoms with Gasteiger partial charge >= 0.3 is 0 Å². The molecule has 1 aromatic heterocycles. The first-order valence-electron chi connectivity index (χ1n) is 9.99. The van der Waals surface area contributed by atoms with Crippen molar-refractivity contribution in [1.82, 2.24) is 13.8 Å². The molecule has 3 rings (SSSR count). The smallest absolute Gasteiger partial charge is 0.238 e. The quantitative estimate of drug-likeness (QED) is 0.602. The van der Waals surface area contributed by atoms with E-state index in [-0.39, 0.29) is 23.0 Å². The highest BCUT2D eigenvalue weighted by molar-refractivity contribution is 7.89. The van der Waals surface area contributed by atoms with Gasteiger partial charge < -0.3 is 4.57 Å². The molecular formula is C20H28N4O5S2. The molecule has 2 heterocycles. The number of piperazine rings is 1. The van der Waals surface area contributed by atoms with E-state index in [4.69, 9.17) is 5.14 Å². The summed E-state index contributed by atoms with van der Waals surface area (Å²) in [7, 11) is -6.98. The Labute approximate surface area is 183 Å². The molecule has 1 aliphatic rings. The fraction of sp³-hybridized carbons (Fsp3) is 0.450. The highest BCUT2D eigenvalue weighted by Crippen LogP contribution is 2.23. The summed E-state index contributed by atoms with van der Waals surface area (Å²) in [5.41, 5.74) is 2.94. The van der Waals surface area contributed by atoms with Gasteiger partial charge in [0.05, 0.1) is 17.2 Å². The maximum atomic E-state index is 13.0. The van der Waals surface area contributed by atoms with Crippen molar-refractivity contribution in [2.45, 2.75) is 25.7 Å². The van der Waals surface area contributed by atoms with Crippen LogP contribution in [0.4, 0.5) is 0 Å². The summed E-state index contributed by atoms with van der Waals surface area (Å²) in [5.74, 6) is 0.0446. The van der Waals surface area contributed by atoms with Crippen LogP contribution >= 0.6 is 0 Å². The summed E-state index contributed by atoms with van der Waals surface area (Å²) < 4.78 is 50.3. The van der Waals surface area contributed by atoms with Crippen LogP contribution in [0.2, 0.25) is 0 Å². The number of nitrogens with zero attached hydrogens (tertiary/aromatic N) is 3. The maximum absolute atomic E-state index is 13.0. The van der Waals surface area contributed by atoms with Crippen molar-refractivity contribution in [3.63, 3.8) is 0 Å². The number of nitrogens with two attached hydrogens (primary N) is 1. The lowest BCUT2D eigenvalue weighted by molar-refractivity contribution is 0.0901. The minimum absolute atomic E-state index is 0.0271. The average Bonchev–Trinajstić information content (AvgIpc) is 3.02. The van der Waals surface area contributed by atoms with Crippen LogP contribution in [-0.4, -0.2) is 74.9 Å². The van der Waals surface area contributed by atoms with Crippen LogP contribution in [0, 0.1) is 13.8 Å². The second-order valence-electron chi connectivity index (χ2n) is 7.66. The SMILES string of the molecule is CCS(=O)(=O)N1CCN(CC(=O)c2cc(C)n(-c3ccc(S(N)(=O)=O)cc3)c2C)CC1. The van der Waals surface area contributed by atoms with E-state index in [2.05, 4.69) is 0 Å². The molecule has 0 amide bonds. The standard InChI is InChI=1S/C20H28N4O5S2/c1-4-30(26,27)23-11-9-22(10-12-23)14-20(25)19-13-15(2)24(16(19)3)17-5-7-18(8-6-17)31(21,28)29/h5-8,13H,4,9-12,14H2,1-3H3,(H2,21,28,29). The number of carbonyl (C=O) groups excluding carboxylic acids is 1. The maximum Gasteiger partial charge on any atom is 0.238 e. The Morgan fingerprint density at radius 3 is 2.10 bits per heavy atom. The third-order valence-electron chi connectivity index (χ3n) is 5.61. The fourth-order valence-corrected chi connectivity index (χ4v) is 5.46. The zero-order valence-corrected chi connectivity index (χ0v) is 19.5. The second-order valence-corrected chi connectivity index (χ2v) is 11.5. The Kier molecular flexibility index (Phi) is 6.72. The highest BCUT2D eigenvalue weighted by atomic mass is 32.2. The lowest BCUT2D eigenvalue weighted by Gasteiger charge is -2.33. The van der Waals surface area contributed by atoms with E-state index in [1.165, 1.54) is 16.4 Å². The van der Waals surface area contributed by atoms with Crippen LogP contribution in [0.15, 0.2) is 35.2 Å². The molecule has 9 nitrogen and oxygen atoms in total. The zero-order valence-electron chi connectivity index (χ0n) is 17.9. The number of hydrogen-bond acceptors (Lipinski definition) is 6. The molecule has 1 aromatic carbocycles. The van der Waals surface area contributed by atoms with Crippen LogP contribution in [0.1, 0.15) is 28.7 Å². The molecule has 2 N–H and O–H groups in total. The second kappa shape index (κ2) is 8.83. The number of hydrogen-bond donors (Lipinski definition) is 1. The number of ketones is 1. The van der Waals surface area contributed by atoms with Crippen molar-refractivity contribution in [3.05, 3.63) is 47.3 Å². The van der Waals surface area contributed by atoms with Gasteiger partial charge in [0.15, 0.2) is 5.78 Å². The summed E-state index contributed by atoms with van der Waals surface area (Å²) in [4.78, 5) is 15.0. The van der Waals surface area contributed by atoms with Gasteiger partial charge in [-0.2, -0.15) is 4.31 Å². The normalized spacial score (nSPS) is 16.5. The van der Waals surface area contributed by atoms with E-state index < -0.39 is 20.0 Å². The Morgan fingerprint density at radius 1 is 1.00 bits per heavy atom. The Balaban J connectivity index is 1.74. The van der Waals surface area contributed by atoms with Gasteiger partial charge in [0.1, 0.15) is 0 Å². The molecule has 31 heavy (non-hydrogen) atoms. The first kappa shape index (κ1) is 23.6. The molecule has 170 valence electrons. The lowest BCUT2D eigenvalue weighted by Crippen LogP contribution is -2.50.